The third-order valence-corrected chi connectivity index (χ3v) is 7.97. The molecule has 196 valence electrons. The molecule has 0 radical (unpaired) electrons. The fourth-order valence-corrected chi connectivity index (χ4v) is 6.01. The first kappa shape index (κ1) is 23.4. The number of hydrogen-bond donors (Lipinski definition) is 2. The molecule has 6 heteroatoms. The van der Waals surface area contributed by atoms with Crippen LogP contribution in [-0.4, -0.2) is 29.6 Å². The Balaban J connectivity index is 1.36. The van der Waals surface area contributed by atoms with Gasteiger partial charge in [0.25, 0.3) is 0 Å². The van der Waals surface area contributed by atoms with E-state index in [0.717, 1.165) is 71.8 Å². The molecular formula is C35H25N5O. The number of aromatic amines is 1. The number of para-hydroxylation sites is 2. The van der Waals surface area contributed by atoms with Crippen LogP contribution in [0, 0.1) is 13.8 Å². The van der Waals surface area contributed by atoms with E-state index >= 15 is 0 Å². The number of pyridine rings is 3. The minimum atomic E-state index is 0.161. The van der Waals surface area contributed by atoms with E-state index in [0.29, 0.717) is 5.69 Å². The largest absolute Gasteiger partial charge is 0.506 e. The predicted octanol–water partition coefficient (Wildman–Crippen LogP) is 8.26. The molecule has 2 N–H and O–H groups in total. The Morgan fingerprint density at radius 2 is 1.61 bits per heavy atom. The summed E-state index contributed by atoms with van der Waals surface area (Å²) < 4.78 is 2.26. The van der Waals surface area contributed by atoms with Crippen molar-refractivity contribution in [1.29, 1.82) is 0 Å². The Labute approximate surface area is 235 Å². The van der Waals surface area contributed by atoms with E-state index < -0.39 is 0 Å². The summed E-state index contributed by atoms with van der Waals surface area (Å²) in [7, 11) is 0. The quantitative estimate of drug-likeness (QED) is 0.240. The van der Waals surface area contributed by atoms with E-state index in [-0.39, 0.29) is 5.75 Å². The molecule has 0 saturated carbocycles. The van der Waals surface area contributed by atoms with Gasteiger partial charge in [-0.05, 0) is 73.5 Å². The highest BCUT2D eigenvalue weighted by molar-refractivity contribution is 6.02. The molecule has 5 aromatic heterocycles. The lowest BCUT2D eigenvalue weighted by Crippen LogP contribution is -1.95. The third-order valence-electron chi connectivity index (χ3n) is 7.97. The lowest BCUT2D eigenvalue weighted by molar-refractivity contribution is 0.476. The first-order valence-electron chi connectivity index (χ1n) is 13.6. The van der Waals surface area contributed by atoms with Gasteiger partial charge in [-0.15, -0.1) is 0 Å². The van der Waals surface area contributed by atoms with E-state index in [1.165, 1.54) is 5.56 Å². The van der Waals surface area contributed by atoms with Crippen LogP contribution in [0.5, 0.6) is 5.75 Å². The third kappa shape index (κ3) is 3.61. The van der Waals surface area contributed by atoms with E-state index in [1.807, 2.05) is 54.7 Å². The van der Waals surface area contributed by atoms with Crippen LogP contribution in [0.3, 0.4) is 0 Å². The molecule has 0 saturated heterocycles. The van der Waals surface area contributed by atoms with Crippen molar-refractivity contribution in [3.63, 3.8) is 0 Å². The van der Waals surface area contributed by atoms with Crippen molar-refractivity contribution in [1.82, 2.24) is 24.5 Å². The lowest BCUT2D eigenvalue weighted by atomic mass is 10.0. The van der Waals surface area contributed by atoms with Crippen molar-refractivity contribution in [3.8, 4) is 34.0 Å². The lowest BCUT2D eigenvalue weighted by Gasteiger charge is -2.11. The van der Waals surface area contributed by atoms with Gasteiger partial charge in [0.2, 0.25) is 0 Å². The molecular weight excluding hydrogens is 506 g/mol. The van der Waals surface area contributed by atoms with Gasteiger partial charge in [-0.3, -0.25) is 4.98 Å². The number of fused-ring (bicyclic) bond motifs is 4. The average molecular weight is 532 g/mol. The second kappa shape index (κ2) is 8.76. The van der Waals surface area contributed by atoms with Crippen LogP contribution in [0.4, 0.5) is 0 Å². The first-order valence-corrected chi connectivity index (χ1v) is 13.6. The highest BCUT2D eigenvalue weighted by Gasteiger charge is 2.19. The molecule has 0 aliphatic rings. The van der Waals surface area contributed by atoms with Crippen LogP contribution >= 0.6 is 0 Å². The zero-order valence-corrected chi connectivity index (χ0v) is 22.6. The molecule has 0 atom stereocenters. The normalized spacial score (nSPS) is 11.8. The molecule has 0 spiro atoms. The minimum absolute atomic E-state index is 0.161. The summed E-state index contributed by atoms with van der Waals surface area (Å²) in [5, 5.41) is 14.0. The summed E-state index contributed by atoms with van der Waals surface area (Å²) in [6, 6.07) is 28.4. The smallest absolute Gasteiger partial charge is 0.142 e. The van der Waals surface area contributed by atoms with E-state index in [1.54, 1.807) is 12.3 Å². The summed E-state index contributed by atoms with van der Waals surface area (Å²) >= 11 is 0. The summed E-state index contributed by atoms with van der Waals surface area (Å²) in [6.07, 6.45) is 5.91. The molecule has 0 aliphatic heterocycles. The van der Waals surface area contributed by atoms with E-state index in [9.17, 15) is 5.11 Å². The molecule has 0 aliphatic carbocycles. The molecule has 3 aromatic carbocycles. The van der Waals surface area contributed by atoms with E-state index in [2.05, 4.69) is 64.9 Å². The van der Waals surface area contributed by atoms with Crippen LogP contribution in [-0.2, 0) is 0 Å². The number of rotatable bonds is 3. The standard InChI is InChI=1S/C35H25N5O/c1-20-7-5-9-24-27(29-12-13-30-31(38-29)11-6-14-36-30)19-40(35(20)24)23-15-21(2)33-25(17-23)26(18-37-33)34-32(41)16-22-8-3-4-10-28(22)39-34/h3-19,37,41H,1-2H3. The molecule has 5 heterocycles. The van der Waals surface area contributed by atoms with Gasteiger partial charge < -0.3 is 14.7 Å². The monoisotopic (exact) mass is 531 g/mol. The van der Waals surface area contributed by atoms with Crippen LogP contribution in [0.15, 0.2) is 104 Å². The Kier molecular flexibility index (Phi) is 5.00. The van der Waals surface area contributed by atoms with Crippen LogP contribution in [0.25, 0.3) is 71.9 Å². The maximum absolute atomic E-state index is 11.0. The van der Waals surface area contributed by atoms with Crippen LogP contribution in [0.2, 0.25) is 0 Å². The maximum atomic E-state index is 11.0. The average Bonchev–Trinajstić information content (AvgIpc) is 3.60. The molecule has 0 amide bonds. The van der Waals surface area contributed by atoms with Crippen molar-refractivity contribution in [3.05, 3.63) is 115 Å². The fraction of sp³-hybridized carbons (Fsp3) is 0.0571. The number of hydrogen-bond acceptors (Lipinski definition) is 4. The van der Waals surface area contributed by atoms with Gasteiger partial charge in [0, 0.05) is 57.1 Å². The molecule has 8 rings (SSSR count). The number of aromatic nitrogens is 5. The summed E-state index contributed by atoms with van der Waals surface area (Å²) in [6.45, 7) is 4.25. The van der Waals surface area contributed by atoms with Crippen molar-refractivity contribution in [2.45, 2.75) is 13.8 Å². The van der Waals surface area contributed by atoms with Gasteiger partial charge in [0.05, 0.1) is 27.8 Å². The summed E-state index contributed by atoms with van der Waals surface area (Å²) in [5.41, 5.74) is 11.5. The van der Waals surface area contributed by atoms with Gasteiger partial charge in [0.15, 0.2) is 0 Å². The van der Waals surface area contributed by atoms with Crippen molar-refractivity contribution in [2.24, 2.45) is 0 Å². The fourth-order valence-electron chi connectivity index (χ4n) is 6.01. The SMILES string of the molecule is Cc1cc(-n2cc(-c3ccc4ncccc4n3)c3cccc(C)c32)cc2c(-c3nc4ccccc4cc3O)c[nH]c12. The number of nitrogens with zero attached hydrogens (tertiary/aromatic N) is 4. The van der Waals surface area contributed by atoms with E-state index in [4.69, 9.17) is 9.97 Å². The Bertz CT molecular complexity index is 2310. The second-order valence-electron chi connectivity index (χ2n) is 10.6. The molecule has 6 nitrogen and oxygen atoms in total. The highest BCUT2D eigenvalue weighted by atomic mass is 16.3. The van der Waals surface area contributed by atoms with Crippen molar-refractivity contribution in [2.75, 3.05) is 0 Å². The van der Waals surface area contributed by atoms with Crippen LogP contribution < -0.4 is 0 Å². The number of benzene rings is 3. The number of aromatic hydroxyl groups is 1. The molecule has 0 fully saturated rings. The topological polar surface area (TPSA) is 79.6 Å². The molecule has 0 bridgehead atoms. The van der Waals surface area contributed by atoms with Crippen LogP contribution in [0.1, 0.15) is 11.1 Å². The van der Waals surface area contributed by atoms with Gasteiger partial charge >= 0.3 is 0 Å². The minimum Gasteiger partial charge on any atom is -0.506 e. The first-order chi connectivity index (χ1) is 20.0. The summed E-state index contributed by atoms with van der Waals surface area (Å²) in [4.78, 5) is 17.7. The van der Waals surface area contributed by atoms with Gasteiger partial charge in [0.1, 0.15) is 11.4 Å². The Hall–Kier alpha value is -5.49. The zero-order valence-electron chi connectivity index (χ0n) is 22.6. The van der Waals surface area contributed by atoms with Gasteiger partial charge in [-0.25, -0.2) is 9.97 Å². The van der Waals surface area contributed by atoms with Gasteiger partial charge in [-0.1, -0.05) is 36.4 Å². The van der Waals surface area contributed by atoms with Gasteiger partial charge in [-0.2, -0.15) is 0 Å². The highest BCUT2D eigenvalue weighted by Crippen LogP contribution is 2.39. The summed E-state index contributed by atoms with van der Waals surface area (Å²) in [5.74, 6) is 0.161. The van der Waals surface area contributed by atoms with Crippen molar-refractivity contribution >= 4 is 43.7 Å². The number of aryl methyl sites for hydroxylation is 2. The van der Waals surface area contributed by atoms with Crippen molar-refractivity contribution < 1.29 is 5.11 Å². The second-order valence-corrected chi connectivity index (χ2v) is 10.6. The molecule has 8 aromatic rings. The molecule has 41 heavy (non-hydrogen) atoms. The molecule has 0 unspecified atom stereocenters. The maximum Gasteiger partial charge on any atom is 0.142 e. The number of H-pyrrole nitrogens is 1. The zero-order chi connectivity index (χ0) is 27.7. The Morgan fingerprint density at radius 1 is 0.732 bits per heavy atom. The Morgan fingerprint density at radius 3 is 2.54 bits per heavy atom. The predicted molar refractivity (Wildman–Crippen MR) is 166 cm³/mol. The number of nitrogens with one attached hydrogen (secondary N) is 1.